The molecule has 1 unspecified atom stereocenters. The number of carbonyl (C=O) groups excluding carboxylic acids is 1. The van der Waals surface area contributed by atoms with Crippen LogP contribution in [0, 0.1) is 0 Å². The minimum atomic E-state index is -0.345. The molecule has 0 saturated heterocycles. The van der Waals surface area contributed by atoms with Crippen molar-refractivity contribution in [2.75, 3.05) is 0 Å². The average Bonchev–Trinajstić information content (AvgIpc) is 2.77. The Labute approximate surface area is 111 Å². The van der Waals surface area contributed by atoms with Gasteiger partial charge in [0.25, 0.3) is 0 Å². The third kappa shape index (κ3) is 2.19. The fourth-order valence-electron chi connectivity index (χ4n) is 2.14. The molecule has 0 aromatic heterocycles. The highest BCUT2D eigenvalue weighted by molar-refractivity contribution is 6.04. The maximum Gasteiger partial charge on any atom is 0.207 e. The Morgan fingerprint density at radius 1 is 1.11 bits per heavy atom. The van der Waals surface area contributed by atoms with Crippen molar-refractivity contribution in [1.29, 1.82) is 0 Å². The van der Waals surface area contributed by atoms with Gasteiger partial charge in [0, 0.05) is 0 Å². The van der Waals surface area contributed by atoms with Gasteiger partial charge < -0.3 is 9.47 Å². The molecule has 0 fully saturated rings. The van der Waals surface area contributed by atoms with E-state index in [0.29, 0.717) is 23.5 Å². The molecule has 1 heterocycles. The molecule has 0 bridgehead atoms. The molecule has 1 atom stereocenters. The fraction of sp³-hybridized carbons (Fsp3) is 0.188. The first-order valence-electron chi connectivity index (χ1n) is 6.35. The molecule has 0 amide bonds. The van der Waals surface area contributed by atoms with Crippen molar-refractivity contribution in [2.24, 2.45) is 0 Å². The highest BCUT2D eigenvalue weighted by Gasteiger charge is 2.31. The number of benzene rings is 2. The van der Waals surface area contributed by atoms with Crippen LogP contribution in [0.1, 0.15) is 23.7 Å². The van der Waals surface area contributed by atoms with E-state index >= 15 is 0 Å². The molecule has 2 aromatic carbocycles. The second kappa shape index (κ2) is 4.76. The van der Waals surface area contributed by atoms with Gasteiger partial charge in [0.15, 0.2) is 6.10 Å². The number of hydrogen-bond donors (Lipinski definition) is 0. The molecule has 0 aliphatic carbocycles. The van der Waals surface area contributed by atoms with Crippen LogP contribution in [0.15, 0.2) is 48.5 Å². The lowest BCUT2D eigenvalue weighted by Crippen LogP contribution is -2.18. The standard InChI is InChI=1S/C16H14O3/c1-2-14-16(17)13-10-12(8-9-15(13)19-14)18-11-6-4-3-5-7-11/h3-10,14H,2H2,1H3. The molecule has 0 radical (unpaired) electrons. The van der Waals surface area contributed by atoms with E-state index in [9.17, 15) is 4.79 Å². The van der Waals surface area contributed by atoms with Gasteiger partial charge in [-0.2, -0.15) is 0 Å². The zero-order chi connectivity index (χ0) is 13.2. The summed E-state index contributed by atoms with van der Waals surface area (Å²) in [5.41, 5.74) is 0.611. The van der Waals surface area contributed by atoms with E-state index in [-0.39, 0.29) is 11.9 Å². The van der Waals surface area contributed by atoms with Crippen LogP contribution >= 0.6 is 0 Å². The Hall–Kier alpha value is -2.29. The number of Topliss-reactive ketones (excluding diaryl/α,β-unsaturated/α-hetero) is 1. The molecule has 0 spiro atoms. The van der Waals surface area contributed by atoms with Crippen molar-refractivity contribution in [3.63, 3.8) is 0 Å². The van der Waals surface area contributed by atoms with Crippen LogP contribution in [0.3, 0.4) is 0 Å². The second-order valence-electron chi connectivity index (χ2n) is 4.45. The van der Waals surface area contributed by atoms with Crippen molar-refractivity contribution in [3.05, 3.63) is 54.1 Å². The Morgan fingerprint density at radius 2 is 1.89 bits per heavy atom. The van der Waals surface area contributed by atoms with Crippen molar-refractivity contribution >= 4 is 5.78 Å². The predicted molar refractivity (Wildman–Crippen MR) is 72.0 cm³/mol. The van der Waals surface area contributed by atoms with E-state index < -0.39 is 0 Å². The number of fused-ring (bicyclic) bond motifs is 1. The van der Waals surface area contributed by atoms with Crippen molar-refractivity contribution in [1.82, 2.24) is 0 Å². The van der Waals surface area contributed by atoms with Gasteiger partial charge in [-0.05, 0) is 36.8 Å². The Bertz CT molecular complexity index is 605. The van der Waals surface area contributed by atoms with E-state index in [4.69, 9.17) is 9.47 Å². The molecule has 2 aromatic rings. The number of carbonyl (C=O) groups is 1. The summed E-state index contributed by atoms with van der Waals surface area (Å²) in [6.45, 7) is 1.94. The van der Waals surface area contributed by atoms with E-state index in [0.717, 1.165) is 5.75 Å². The smallest absolute Gasteiger partial charge is 0.207 e. The molecule has 1 aliphatic heterocycles. The van der Waals surface area contributed by atoms with Gasteiger partial charge in [-0.3, -0.25) is 4.79 Å². The van der Waals surface area contributed by atoms with Crippen LogP contribution in [0.4, 0.5) is 0 Å². The summed E-state index contributed by atoms with van der Waals surface area (Å²) >= 11 is 0. The molecule has 0 saturated carbocycles. The van der Waals surface area contributed by atoms with Crippen LogP contribution in [-0.4, -0.2) is 11.9 Å². The van der Waals surface area contributed by atoms with E-state index in [1.807, 2.05) is 43.3 Å². The highest BCUT2D eigenvalue weighted by atomic mass is 16.5. The molecular formula is C16H14O3. The lowest BCUT2D eigenvalue weighted by Gasteiger charge is -2.06. The van der Waals surface area contributed by atoms with Gasteiger partial charge in [0.1, 0.15) is 17.2 Å². The molecule has 19 heavy (non-hydrogen) atoms. The number of ether oxygens (including phenoxy) is 2. The Morgan fingerprint density at radius 3 is 2.63 bits per heavy atom. The number of hydrogen-bond acceptors (Lipinski definition) is 3. The summed E-state index contributed by atoms with van der Waals surface area (Å²) in [6, 6.07) is 14.9. The van der Waals surface area contributed by atoms with Gasteiger partial charge in [0.05, 0.1) is 5.56 Å². The molecule has 3 heteroatoms. The summed E-state index contributed by atoms with van der Waals surface area (Å²) in [6.07, 6.45) is 0.338. The third-order valence-electron chi connectivity index (χ3n) is 3.13. The largest absolute Gasteiger partial charge is 0.482 e. The van der Waals surface area contributed by atoms with E-state index in [1.54, 1.807) is 12.1 Å². The zero-order valence-electron chi connectivity index (χ0n) is 10.6. The first-order chi connectivity index (χ1) is 9.28. The monoisotopic (exact) mass is 254 g/mol. The van der Waals surface area contributed by atoms with Gasteiger partial charge in [-0.25, -0.2) is 0 Å². The van der Waals surface area contributed by atoms with Crippen LogP contribution in [-0.2, 0) is 0 Å². The third-order valence-corrected chi connectivity index (χ3v) is 3.13. The first-order valence-corrected chi connectivity index (χ1v) is 6.35. The zero-order valence-corrected chi connectivity index (χ0v) is 10.6. The molecule has 0 N–H and O–H groups in total. The lowest BCUT2D eigenvalue weighted by atomic mass is 10.1. The van der Waals surface area contributed by atoms with Gasteiger partial charge in [-0.15, -0.1) is 0 Å². The minimum absolute atomic E-state index is 0.0380. The predicted octanol–water partition coefficient (Wildman–Crippen LogP) is 3.83. The van der Waals surface area contributed by atoms with Crippen LogP contribution in [0.5, 0.6) is 17.2 Å². The van der Waals surface area contributed by atoms with E-state index in [1.165, 1.54) is 0 Å². The quantitative estimate of drug-likeness (QED) is 0.835. The minimum Gasteiger partial charge on any atom is -0.482 e. The molecular weight excluding hydrogens is 240 g/mol. The Kier molecular flexibility index (Phi) is 2.95. The van der Waals surface area contributed by atoms with E-state index in [2.05, 4.69) is 0 Å². The Balaban J connectivity index is 1.87. The van der Waals surface area contributed by atoms with Gasteiger partial charge in [0.2, 0.25) is 5.78 Å². The SMILES string of the molecule is CCC1Oc2ccc(Oc3ccccc3)cc2C1=O. The van der Waals surface area contributed by atoms with Crippen LogP contribution < -0.4 is 9.47 Å². The summed E-state index contributed by atoms with van der Waals surface area (Å²) in [5, 5.41) is 0. The maximum atomic E-state index is 12.1. The lowest BCUT2D eigenvalue weighted by molar-refractivity contribution is 0.0853. The molecule has 96 valence electrons. The highest BCUT2D eigenvalue weighted by Crippen LogP contribution is 2.34. The maximum absolute atomic E-state index is 12.1. The molecule has 3 rings (SSSR count). The van der Waals surface area contributed by atoms with Crippen LogP contribution in [0.25, 0.3) is 0 Å². The first kappa shape index (κ1) is 11.8. The fourth-order valence-corrected chi connectivity index (χ4v) is 2.14. The summed E-state index contributed by atoms with van der Waals surface area (Å²) in [5.74, 6) is 2.09. The van der Waals surface area contributed by atoms with Gasteiger partial charge in [-0.1, -0.05) is 25.1 Å². The van der Waals surface area contributed by atoms with Crippen molar-refractivity contribution in [3.8, 4) is 17.2 Å². The number of ketones is 1. The molecule has 3 nitrogen and oxygen atoms in total. The van der Waals surface area contributed by atoms with Crippen molar-refractivity contribution < 1.29 is 14.3 Å². The summed E-state index contributed by atoms with van der Waals surface area (Å²) < 4.78 is 11.3. The summed E-state index contributed by atoms with van der Waals surface area (Å²) in [7, 11) is 0. The van der Waals surface area contributed by atoms with Crippen molar-refractivity contribution in [2.45, 2.75) is 19.4 Å². The summed E-state index contributed by atoms with van der Waals surface area (Å²) in [4.78, 5) is 12.1. The average molecular weight is 254 g/mol. The number of para-hydroxylation sites is 1. The van der Waals surface area contributed by atoms with Crippen LogP contribution in [0.2, 0.25) is 0 Å². The van der Waals surface area contributed by atoms with Gasteiger partial charge >= 0.3 is 0 Å². The number of rotatable bonds is 3. The second-order valence-corrected chi connectivity index (χ2v) is 4.45. The normalized spacial score (nSPS) is 16.9. The molecule has 1 aliphatic rings. The topological polar surface area (TPSA) is 35.5 Å².